The fourth-order valence-electron chi connectivity index (χ4n) is 2.52. The first-order valence-electron chi connectivity index (χ1n) is 8.41. The average Bonchev–Trinajstić information content (AvgIpc) is 3.40. The zero-order valence-electron chi connectivity index (χ0n) is 15.0. The van der Waals surface area contributed by atoms with Gasteiger partial charge in [0.25, 0.3) is 11.8 Å². The molecule has 3 heterocycles. The number of aliphatic carboxylic acids is 1. The number of aromatic nitrogens is 4. The number of carbonyl (C=O) groups is 3. The lowest BCUT2D eigenvalue weighted by Gasteiger charge is -2.09. The van der Waals surface area contributed by atoms with Crippen LogP contribution in [0.25, 0.3) is 0 Å². The molecule has 3 rings (SSSR count). The van der Waals surface area contributed by atoms with Gasteiger partial charge in [0.1, 0.15) is 18.0 Å². The highest BCUT2D eigenvalue weighted by Crippen LogP contribution is 2.16. The van der Waals surface area contributed by atoms with Gasteiger partial charge in [-0.05, 0) is 25.1 Å². The number of hydrogen-bond donors (Lipinski definition) is 3. The fourth-order valence-corrected chi connectivity index (χ4v) is 2.52. The predicted molar refractivity (Wildman–Crippen MR) is 95.6 cm³/mol. The molecular weight excluding hydrogens is 368 g/mol. The molecular formula is C17H18N6O5. The van der Waals surface area contributed by atoms with Crippen molar-refractivity contribution in [1.29, 1.82) is 0 Å². The molecule has 0 saturated heterocycles. The van der Waals surface area contributed by atoms with E-state index >= 15 is 0 Å². The van der Waals surface area contributed by atoms with Crippen molar-refractivity contribution in [1.82, 2.24) is 24.9 Å². The number of hydrogen-bond acceptors (Lipinski definition) is 6. The number of anilines is 1. The summed E-state index contributed by atoms with van der Waals surface area (Å²) in [6.07, 6.45) is 4.26. The van der Waals surface area contributed by atoms with Crippen LogP contribution in [0.1, 0.15) is 33.7 Å². The van der Waals surface area contributed by atoms with Crippen LogP contribution in [0.2, 0.25) is 0 Å². The van der Waals surface area contributed by atoms with E-state index in [4.69, 9.17) is 9.52 Å². The number of aryl methyl sites for hydroxylation is 1. The Kier molecular flexibility index (Phi) is 5.53. The van der Waals surface area contributed by atoms with Crippen molar-refractivity contribution in [2.24, 2.45) is 0 Å². The van der Waals surface area contributed by atoms with Crippen molar-refractivity contribution in [3.8, 4) is 0 Å². The zero-order chi connectivity index (χ0) is 20.1. The lowest BCUT2D eigenvalue weighted by molar-refractivity contribution is -0.137. The second-order valence-electron chi connectivity index (χ2n) is 5.73. The van der Waals surface area contributed by atoms with Gasteiger partial charge in [0.2, 0.25) is 0 Å². The molecule has 0 bridgehead atoms. The third-order valence-electron chi connectivity index (χ3n) is 3.78. The minimum Gasteiger partial charge on any atom is -0.480 e. The number of carboxylic acids is 1. The van der Waals surface area contributed by atoms with Crippen molar-refractivity contribution in [3.63, 3.8) is 0 Å². The van der Waals surface area contributed by atoms with Crippen LogP contribution in [0.3, 0.4) is 0 Å². The number of furan rings is 1. The second kappa shape index (κ2) is 8.20. The summed E-state index contributed by atoms with van der Waals surface area (Å²) in [5.74, 6) is -1.50. The Morgan fingerprint density at radius 1 is 1.25 bits per heavy atom. The first-order valence-corrected chi connectivity index (χ1v) is 8.41. The van der Waals surface area contributed by atoms with E-state index in [1.165, 1.54) is 29.4 Å². The SMILES string of the molecule is CCn1ncc(NC(=O)c2ccn(CC(=O)O)n2)c1C(=O)NCc1ccco1. The van der Waals surface area contributed by atoms with Crippen LogP contribution < -0.4 is 10.6 Å². The predicted octanol–water partition coefficient (Wildman–Crippen LogP) is 0.959. The summed E-state index contributed by atoms with van der Waals surface area (Å²) >= 11 is 0. The summed E-state index contributed by atoms with van der Waals surface area (Å²) in [4.78, 5) is 35.7. The maximum Gasteiger partial charge on any atom is 0.325 e. The lowest BCUT2D eigenvalue weighted by atomic mass is 10.3. The minimum absolute atomic E-state index is 0.0208. The molecule has 0 spiro atoms. The van der Waals surface area contributed by atoms with E-state index in [0.29, 0.717) is 12.3 Å². The van der Waals surface area contributed by atoms with Crippen molar-refractivity contribution in [2.75, 3.05) is 5.32 Å². The molecule has 3 aromatic rings. The Morgan fingerprint density at radius 3 is 2.75 bits per heavy atom. The van der Waals surface area contributed by atoms with E-state index in [9.17, 15) is 14.4 Å². The molecule has 0 unspecified atom stereocenters. The van der Waals surface area contributed by atoms with E-state index in [-0.39, 0.29) is 30.2 Å². The molecule has 146 valence electrons. The summed E-state index contributed by atoms with van der Waals surface area (Å²) in [6, 6.07) is 4.83. The van der Waals surface area contributed by atoms with Gasteiger partial charge in [-0.25, -0.2) is 0 Å². The van der Waals surface area contributed by atoms with E-state index < -0.39 is 17.8 Å². The Labute approximate surface area is 158 Å². The first-order chi connectivity index (χ1) is 13.5. The number of amides is 2. The maximum absolute atomic E-state index is 12.6. The highest BCUT2D eigenvalue weighted by atomic mass is 16.4. The lowest BCUT2D eigenvalue weighted by Crippen LogP contribution is -2.27. The summed E-state index contributed by atoms with van der Waals surface area (Å²) in [5, 5.41) is 22.1. The van der Waals surface area contributed by atoms with Crippen LogP contribution in [0.4, 0.5) is 5.69 Å². The van der Waals surface area contributed by atoms with Gasteiger partial charge in [0.05, 0.1) is 24.7 Å². The number of nitrogens with one attached hydrogen (secondary N) is 2. The summed E-state index contributed by atoms with van der Waals surface area (Å²) in [5.41, 5.74) is 0.427. The van der Waals surface area contributed by atoms with Gasteiger partial charge < -0.3 is 20.2 Å². The van der Waals surface area contributed by atoms with Crippen molar-refractivity contribution < 1.29 is 23.9 Å². The van der Waals surface area contributed by atoms with Gasteiger partial charge >= 0.3 is 5.97 Å². The molecule has 11 heteroatoms. The topological polar surface area (TPSA) is 144 Å². The molecule has 0 saturated carbocycles. The smallest absolute Gasteiger partial charge is 0.325 e. The van der Waals surface area contributed by atoms with Crippen molar-refractivity contribution in [3.05, 3.63) is 54.0 Å². The third kappa shape index (κ3) is 4.26. The second-order valence-corrected chi connectivity index (χ2v) is 5.73. The van der Waals surface area contributed by atoms with E-state index in [1.54, 1.807) is 12.1 Å². The van der Waals surface area contributed by atoms with Crippen LogP contribution >= 0.6 is 0 Å². The van der Waals surface area contributed by atoms with Gasteiger partial charge in [-0.15, -0.1) is 0 Å². The van der Waals surface area contributed by atoms with E-state index in [1.807, 2.05) is 6.92 Å². The van der Waals surface area contributed by atoms with Crippen molar-refractivity contribution in [2.45, 2.75) is 26.6 Å². The molecule has 0 aliphatic rings. The number of carbonyl (C=O) groups excluding carboxylic acids is 2. The summed E-state index contributed by atoms with van der Waals surface area (Å²) in [7, 11) is 0. The van der Waals surface area contributed by atoms with E-state index in [0.717, 1.165) is 4.68 Å². The third-order valence-corrected chi connectivity index (χ3v) is 3.78. The Hall–Kier alpha value is -3.89. The molecule has 3 N–H and O–H groups in total. The molecule has 0 atom stereocenters. The van der Waals surface area contributed by atoms with E-state index in [2.05, 4.69) is 20.8 Å². The Morgan fingerprint density at radius 2 is 2.07 bits per heavy atom. The highest BCUT2D eigenvalue weighted by Gasteiger charge is 2.21. The molecule has 28 heavy (non-hydrogen) atoms. The largest absolute Gasteiger partial charge is 0.480 e. The zero-order valence-corrected chi connectivity index (χ0v) is 15.0. The van der Waals surface area contributed by atoms with Crippen LogP contribution in [0, 0.1) is 0 Å². The average molecular weight is 386 g/mol. The van der Waals surface area contributed by atoms with Crippen molar-refractivity contribution >= 4 is 23.5 Å². The molecule has 3 aromatic heterocycles. The summed E-state index contributed by atoms with van der Waals surface area (Å²) < 4.78 is 7.76. The normalized spacial score (nSPS) is 10.6. The maximum atomic E-state index is 12.6. The number of nitrogens with zero attached hydrogens (tertiary/aromatic N) is 4. The molecule has 0 aromatic carbocycles. The van der Waals surface area contributed by atoms with Gasteiger partial charge in [0, 0.05) is 12.7 Å². The minimum atomic E-state index is -1.07. The molecule has 11 nitrogen and oxygen atoms in total. The van der Waals surface area contributed by atoms with Crippen LogP contribution in [-0.2, 0) is 24.4 Å². The van der Waals surface area contributed by atoms with Gasteiger partial charge in [-0.2, -0.15) is 10.2 Å². The Bertz CT molecular complexity index is 988. The molecule has 0 fully saturated rings. The number of carboxylic acid groups (broad SMARTS) is 1. The van der Waals surface area contributed by atoms with Gasteiger partial charge in [-0.1, -0.05) is 0 Å². The first kappa shape index (κ1) is 18.9. The standard InChI is InChI=1S/C17H18N6O5/c1-2-23-15(17(27)18-8-11-4-3-7-28-11)13(9-19-23)20-16(26)12-5-6-22(21-12)10-14(24)25/h3-7,9H,2,8,10H2,1H3,(H,18,27)(H,20,26)(H,24,25). The quantitative estimate of drug-likeness (QED) is 0.523. The number of rotatable bonds is 8. The van der Waals surface area contributed by atoms with Crippen LogP contribution in [0.15, 0.2) is 41.3 Å². The fraction of sp³-hybridized carbons (Fsp3) is 0.235. The Balaban J connectivity index is 1.73. The van der Waals surface area contributed by atoms with Crippen LogP contribution in [-0.4, -0.2) is 42.5 Å². The van der Waals surface area contributed by atoms with Gasteiger partial charge in [0.15, 0.2) is 5.69 Å². The summed E-state index contributed by atoms with van der Waals surface area (Å²) in [6.45, 7) is 2.07. The highest BCUT2D eigenvalue weighted by molar-refractivity contribution is 6.07. The molecule has 0 aliphatic heterocycles. The molecule has 0 aliphatic carbocycles. The molecule has 2 amide bonds. The monoisotopic (exact) mass is 386 g/mol. The van der Waals surface area contributed by atoms with Gasteiger partial charge in [-0.3, -0.25) is 23.7 Å². The van der Waals surface area contributed by atoms with Crippen LogP contribution in [0.5, 0.6) is 0 Å². The molecule has 0 radical (unpaired) electrons.